The third kappa shape index (κ3) is 4.00. The second kappa shape index (κ2) is 8.28. The Bertz CT molecular complexity index is 974. The van der Waals surface area contributed by atoms with E-state index in [1.807, 2.05) is 31.9 Å². The van der Waals surface area contributed by atoms with Crippen LogP contribution in [-0.2, 0) is 4.79 Å². The van der Waals surface area contributed by atoms with Crippen LogP contribution in [-0.4, -0.2) is 43.2 Å². The van der Waals surface area contributed by atoms with Gasteiger partial charge >= 0.3 is 0 Å². The first kappa shape index (κ1) is 21.3. The van der Waals surface area contributed by atoms with Crippen molar-refractivity contribution in [3.63, 3.8) is 0 Å². The fourth-order valence-electron chi connectivity index (χ4n) is 4.05. The number of pyridine rings is 1. The molecule has 0 bridgehead atoms. The lowest BCUT2D eigenvalue weighted by molar-refractivity contribution is -0.119. The molecule has 0 saturated heterocycles. The van der Waals surface area contributed by atoms with Gasteiger partial charge in [-0.3, -0.25) is 4.79 Å². The summed E-state index contributed by atoms with van der Waals surface area (Å²) < 4.78 is 45.2. The Morgan fingerprint density at radius 1 is 1.16 bits per heavy atom. The van der Waals surface area contributed by atoms with Gasteiger partial charge in [0.25, 0.3) is 0 Å². The summed E-state index contributed by atoms with van der Waals surface area (Å²) in [7, 11) is 1.90. The van der Waals surface area contributed by atoms with Crippen molar-refractivity contribution in [2.75, 3.05) is 35.3 Å². The minimum Gasteiger partial charge on any atom is -0.490 e. The molecule has 0 radical (unpaired) electrons. The van der Waals surface area contributed by atoms with Crippen molar-refractivity contribution >= 4 is 23.1 Å². The Hall–Kier alpha value is -2.97. The van der Waals surface area contributed by atoms with Crippen LogP contribution in [0.5, 0.6) is 5.75 Å². The van der Waals surface area contributed by atoms with Crippen LogP contribution in [0.2, 0.25) is 0 Å². The lowest BCUT2D eigenvalue weighted by atomic mass is 9.82. The Morgan fingerprint density at radius 3 is 2.48 bits per heavy atom. The van der Waals surface area contributed by atoms with E-state index in [-0.39, 0.29) is 23.8 Å². The molecule has 0 spiro atoms. The lowest BCUT2D eigenvalue weighted by Gasteiger charge is -2.39. The summed E-state index contributed by atoms with van der Waals surface area (Å²) in [5, 5.41) is 3.32. The van der Waals surface area contributed by atoms with E-state index in [0.29, 0.717) is 31.8 Å². The molecule has 9 heteroatoms. The van der Waals surface area contributed by atoms with Crippen molar-refractivity contribution in [2.24, 2.45) is 5.92 Å². The number of hydrogen-bond acceptors (Lipinski definition) is 5. The standard InChI is InChI=1S/C22H25F3N4O2/c1-4-29-19-11-27-20(9-18(19)28(3)12(2)22(29)30)26-10-13-5-14(6-13)31-15-7-16(23)21(25)17(24)8-15/h7-9,11-14H,4-6,10H2,1-3H3,(H,26,27). The van der Waals surface area contributed by atoms with Crippen LogP contribution in [0.1, 0.15) is 26.7 Å². The first-order chi connectivity index (χ1) is 14.8. The highest BCUT2D eigenvalue weighted by Crippen LogP contribution is 2.37. The zero-order chi connectivity index (χ0) is 22.3. The average molecular weight is 434 g/mol. The Balaban J connectivity index is 1.33. The zero-order valence-electron chi connectivity index (χ0n) is 17.7. The number of amides is 1. The Kier molecular flexibility index (Phi) is 5.68. The number of nitrogens with one attached hydrogen (secondary N) is 1. The minimum atomic E-state index is -1.49. The van der Waals surface area contributed by atoms with Gasteiger partial charge in [-0.15, -0.1) is 0 Å². The fourth-order valence-corrected chi connectivity index (χ4v) is 4.05. The van der Waals surface area contributed by atoms with Gasteiger partial charge in [0.15, 0.2) is 17.5 Å². The van der Waals surface area contributed by atoms with Crippen LogP contribution in [0.4, 0.5) is 30.4 Å². The summed E-state index contributed by atoms with van der Waals surface area (Å²) >= 11 is 0. The van der Waals surface area contributed by atoms with Crippen LogP contribution in [0.3, 0.4) is 0 Å². The minimum absolute atomic E-state index is 0.00338. The van der Waals surface area contributed by atoms with Gasteiger partial charge < -0.3 is 19.9 Å². The normalized spacial score (nSPS) is 22.8. The van der Waals surface area contributed by atoms with Crippen LogP contribution >= 0.6 is 0 Å². The molecule has 1 unspecified atom stereocenters. The van der Waals surface area contributed by atoms with E-state index in [4.69, 9.17) is 4.74 Å². The molecule has 1 N–H and O–H groups in total. The summed E-state index contributed by atoms with van der Waals surface area (Å²) in [6.45, 7) is 5.09. The van der Waals surface area contributed by atoms with Gasteiger partial charge in [0.05, 0.1) is 23.7 Å². The van der Waals surface area contributed by atoms with Gasteiger partial charge in [-0.05, 0) is 32.6 Å². The number of carbonyl (C=O) groups is 1. The number of benzene rings is 1. The molecule has 1 aromatic heterocycles. The van der Waals surface area contributed by atoms with Crippen molar-refractivity contribution in [1.82, 2.24) is 4.98 Å². The lowest BCUT2D eigenvalue weighted by Crippen LogP contribution is -2.50. The van der Waals surface area contributed by atoms with Gasteiger partial charge in [-0.1, -0.05) is 0 Å². The topological polar surface area (TPSA) is 57.7 Å². The van der Waals surface area contributed by atoms with Crippen LogP contribution in [0, 0.1) is 23.4 Å². The summed E-state index contributed by atoms with van der Waals surface area (Å²) in [6.07, 6.45) is 2.98. The zero-order valence-corrected chi connectivity index (χ0v) is 17.7. The fraction of sp³-hybridized carbons (Fsp3) is 0.455. The SMILES string of the molecule is CCN1C(=O)C(C)N(C)c2cc(NCC3CC(Oc4cc(F)c(F)c(F)c4)C3)ncc21. The van der Waals surface area contributed by atoms with Crippen LogP contribution in [0.15, 0.2) is 24.4 Å². The van der Waals surface area contributed by atoms with Crippen molar-refractivity contribution in [2.45, 2.75) is 38.8 Å². The van der Waals surface area contributed by atoms with E-state index in [9.17, 15) is 18.0 Å². The third-order valence-corrected chi connectivity index (χ3v) is 6.08. The maximum atomic E-state index is 13.3. The number of ether oxygens (including phenoxy) is 1. The van der Waals surface area contributed by atoms with Gasteiger partial charge in [-0.25, -0.2) is 18.2 Å². The summed E-state index contributed by atoms with van der Waals surface area (Å²) in [5.74, 6) is -2.91. The molecule has 31 heavy (non-hydrogen) atoms. The van der Waals surface area contributed by atoms with Crippen molar-refractivity contribution in [3.05, 3.63) is 41.8 Å². The van der Waals surface area contributed by atoms with E-state index in [1.54, 1.807) is 11.1 Å². The number of anilines is 3. The first-order valence-electron chi connectivity index (χ1n) is 10.4. The number of halogens is 3. The summed E-state index contributed by atoms with van der Waals surface area (Å²) in [5.41, 5.74) is 1.75. The third-order valence-electron chi connectivity index (χ3n) is 6.08. The smallest absolute Gasteiger partial charge is 0.249 e. The molecular weight excluding hydrogens is 409 g/mol. The summed E-state index contributed by atoms with van der Waals surface area (Å²) in [6, 6.07) is 3.43. The largest absolute Gasteiger partial charge is 0.490 e. The van der Waals surface area contributed by atoms with Gasteiger partial charge in [0.1, 0.15) is 17.6 Å². The molecule has 1 amide bonds. The molecule has 1 aromatic carbocycles. The average Bonchev–Trinajstić information content (AvgIpc) is 2.72. The van der Waals surface area contributed by atoms with E-state index in [1.165, 1.54) is 0 Å². The molecule has 1 atom stereocenters. The molecule has 2 aliphatic rings. The number of carbonyl (C=O) groups excluding carboxylic acids is 1. The number of nitrogens with zero attached hydrogens (tertiary/aromatic N) is 3. The molecule has 1 fully saturated rings. The highest BCUT2D eigenvalue weighted by molar-refractivity contribution is 6.05. The quantitative estimate of drug-likeness (QED) is 0.698. The number of likely N-dealkylation sites (N-methyl/N-ethyl adjacent to an activating group) is 2. The van der Waals surface area contributed by atoms with E-state index in [2.05, 4.69) is 10.3 Å². The molecule has 1 saturated carbocycles. The van der Waals surface area contributed by atoms with E-state index >= 15 is 0 Å². The van der Waals surface area contributed by atoms with Crippen LogP contribution < -0.4 is 19.9 Å². The van der Waals surface area contributed by atoms with Crippen molar-refractivity contribution in [3.8, 4) is 5.75 Å². The molecular formula is C22H25F3N4O2. The highest BCUT2D eigenvalue weighted by atomic mass is 19.2. The molecule has 6 nitrogen and oxygen atoms in total. The predicted octanol–water partition coefficient (Wildman–Crippen LogP) is 3.96. The van der Waals surface area contributed by atoms with Gasteiger partial charge in [0, 0.05) is 38.3 Å². The second-order valence-electron chi connectivity index (χ2n) is 8.09. The molecule has 166 valence electrons. The number of rotatable bonds is 6. The van der Waals surface area contributed by atoms with Gasteiger partial charge in [-0.2, -0.15) is 0 Å². The van der Waals surface area contributed by atoms with Crippen molar-refractivity contribution < 1.29 is 22.7 Å². The first-order valence-corrected chi connectivity index (χ1v) is 10.4. The number of aromatic nitrogens is 1. The van der Waals surface area contributed by atoms with Gasteiger partial charge in [0.2, 0.25) is 5.91 Å². The maximum absolute atomic E-state index is 13.3. The molecule has 1 aliphatic heterocycles. The molecule has 4 rings (SSSR count). The Labute approximate surface area is 179 Å². The van der Waals surface area contributed by atoms with Crippen LogP contribution in [0.25, 0.3) is 0 Å². The predicted molar refractivity (Wildman–Crippen MR) is 112 cm³/mol. The molecule has 2 heterocycles. The van der Waals surface area contributed by atoms with E-state index < -0.39 is 17.5 Å². The number of hydrogen-bond donors (Lipinski definition) is 1. The Morgan fingerprint density at radius 2 is 1.84 bits per heavy atom. The maximum Gasteiger partial charge on any atom is 0.249 e. The van der Waals surface area contributed by atoms with E-state index in [0.717, 1.165) is 29.3 Å². The second-order valence-corrected chi connectivity index (χ2v) is 8.09. The van der Waals surface area contributed by atoms with Crippen molar-refractivity contribution in [1.29, 1.82) is 0 Å². The summed E-state index contributed by atoms with van der Waals surface area (Å²) in [4.78, 5) is 20.6. The highest BCUT2D eigenvalue weighted by Gasteiger charge is 2.34. The molecule has 1 aliphatic carbocycles. The monoisotopic (exact) mass is 434 g/mol. The number of fused-ring (bicyclic) bond motifs is 1. The molecule has 2 aromatic rings.